The molecule has 137 valence electrons. The van der Waals surface area contributed by atoms with Crippen molar-refractivity contribution in [2.24, 2.45) is 0 Å². The summed E-state index contributed by atoms with van der Waals surface area (Å²) in [6, 6.07) is 5.61. The molecule has 0 fully saturated rings. The fourth-order valence-corrected chi connectivity index (χ4v) is 6.83. The van der Waals surface area contributed by atoms with Crippen LogP contribution in [0.25, 0.3) is 0 Å². The molecule has 0 spiro atoms. The maximum absolute atomic E-state index is 12.7. The van der Waals surface area contributed by atoms with E-state index < -0.39 is 20.2 Å². The molecule has 2 aromatic carbocycles. The molecule has 2 rings (SSSR count). The second-order valence-electron chi connectivity index (χ2n) is 6.03. The van der Waals surface area contributed by atoms with E-state index in [-0.39, 0.29) is 21.1 Å². The molecule has 0 radical (unpaired) electrons. The Hall–Kier alpha value is -0.965. The normalized spacial score (nSPS) is 12.3. The molecule has 0 saturated carbocycles. The van der Waals surface area contributed by atoms with E-state index in [0.29, 0.717) is 37.2 Å². The first kappa shape index (κ1) is 21.3. The standard InChI is InChI=1S/C17H19O6S2.Hg/c1-10-6-8-17(13(4)11(10)2)25(21,22)23-15-7-9-16(24(18,19)20)14(5)12(15)3;/h6-9H,1H2,2-5H3,(H,18,19,20);/p-1. The van der Waals surface area contributed by atoms with Gasteiger partial charge in [-0.3, -0.25) is 0 Å². The quantitative estimate of drug-likeness (QED) is 0.305. The van der Waals surface area contributed by atoms with Crippen molar-refractivity contribution in [2.75, 3.05) is 0 Å². The Morgan fingerprint density at radius 2 is 1.38 bits per heavy atom. The fourth-order valence-electron chi connectivity index (χ4n) is 2.69. The van der Waals surface area contributed by atoms with E-state index in [1.54, 1.807) is 19.1 Å². The zero-order valence-corrected chi connectivity index (χ0v) is 22.1. The molecule has 0 unspecified atom stereocenters. The summed E-state index contributed by atoms with van der Waals surface area (Å²) in [6.45, 7) is 6.58. The summed E-state index contributed by atoms with van der Waals surface area (Å²) < 4.78 is 65.5. The first-order chi connectivity index (χ1) is 11.9. The first-order valence-corrected chi connectivity index (χ1v) is 14.5. The van der Waals surface area contributed by atoms with Crippen LogP contribution >= 0.6 is 0 Å². The summed E-state index contributed by atoms with van der Waals surface area (Å²) in [4.78, 5) is -0.303. The number of rotatable bonds is 5. The topological polar surface area (TPSA) is 101 Å². The Morgan fingerprint density at radius 1 is 0.846 bits per heavy atom. The average Bonchev–Trinajstić information content (AvgIpc) is 2.52. The van der Waals surface area contributed by atoms with Gasteiger partial charge < -0.3 is 4.55 Å². The molecule has 0 N–H and O–H groups in total. The molecule has 9 heteroatoms. The zero-order valence-electron chi connectivity index (χ0n) is 15.0. The minimum absolute atomic E-state index is 0.00175. The van der Waals surface area contributed by atoms with E-state index >= 15 is 0 Å². The van der Waals surface area contributed by atoms with Crippen LogP contribution in [0, 0.1) is 27.7 Å². The van der Waals surface area contributed by atoms with Gasteiger partial charge in [-0.2, -0.15) is 0 Å². The molecule has 0 aliphatic rings. The van der Waals surface area contributed by atoms with Crippen LogP contribution in [0.1, 0.15) is 27.8 Å². The molecule has 0 heterocycles. The SMILES string of the molecule is Cc1c([CH2][Hg])ccc(S(=O)(=O)Oc2ccc(S(=O)(=O)[O-])c(C)c2C)c1C. The summed E-state index contributed by atoms with van der Waals surface area (Å²) in [6.07, 6.45) is 0. The Balaban J connectivity index is 2.52. The predicted molar refractivity (Wildman–Crippen MR) is 91.3 cm³/mol. The first-order valence-electron chi connectivity index (χ1n) is 7.79. The monoisotopic (exact) mass is 584 g/mol. The third-order valence-electron chi connectivity index (χ3n) is 4.54. The molecule has 0 aliphatic carbocycles. The van der Waals surface area contributed by atoms with Crippen molar-refractivity contribution < 1.29 is 51.7 Å². The maximum atomic E-state index is 12.7. The van der Waals surface area contributed by atoms with E-state index in [4.69, 9.17) is 4.18 Å². The van der Waals surface area contributed by atoms with Gasteiger partial charge in [-0.15, -0.1) is 0 Å². The van der Waals surface area contributed by atoms with Gasteiger partial charge in [-0.25, -0.2) is 8.42 Å². The molecule has 0 bridgehead atoms. The van der Waals surface area contributed by atoms with Crippen molar-refractivity contribution in [2.45, 2.75) is 41.4 Å². The summed E-state index contributed by atoms with van der Waals surface area (Å²) in [5, 5.41) is 0. The second-order valence-corrected chi connectivity index (χ2v) is 10.8. The Bertz CT molecular complexity index is 1070. The van der Waals surface area contributed by atoms with Gasteiger partial charge in [0.25, 0.3) is 0 Å². The van der Waals surface area contributed by atoms with Gasteiger partial charge in [-0.05, 0) is 0 Å². The van der Waals surface area contributed by atoms with Crippen LogP contribution in [-0.4, -0.2) is 21.4 Å². The van der Waals surface area contributed by atoms with E-state index in [9.17, 15) is 21.4 Å². The van der Waals surface area contributed by atoms with Crippen molar-refractivity contribution in [3.05, 3.63) is 52.1 Å². The summed E-state index contributed by atoms with van der Waals surface area (Å²) in [5.74, 6) is 0.00175. The van der Waals surface area contributed by atoms with Crippen molar-refractivity contribution in [1.29, 1.82) is 0 Å². The molecule has 0 amide bonds. The van der Waals surface area contributed by atoms with Crippen LogP contribution in [0.4, 0.5) is 0 Å². The van der Waals surface area contributed by atoms with E-state index in [2.05, 4.69) is 0 Å². The van der Waals surface area contributed by atoms with Crippen LogP contribution in [0.15, 0.2) is 34.1 Å². The van der Waals surface area contributed by atoms with Gasteiger partial charge in [0.15, 0.2) is 0 Å². The van der Waals surface area contributed by atoms with Gasteiger partial charge in [0.2, 0.25) is 0 Å². The summed E-state index contributed by atoms with van der Waals surface area (Å²) in [7, 11) is -8.73. The zero-order chi connectivity index (χ0) is 19.9. The van der Waals surface area contributed by atoms with Crippen molar-refractivity contribution >= 4 is 20.2 Å². The average molecular weight is 583 g/mol. The minimum atomic E-state index is -4.64. The van der Waals surface area contributed by atoms with Crippen LogP contribution in [0.3, 0.4) is 0 Å². The third kappa shape index (κ3) is 4.13. The number of benzene rings is 2. The third-order valence-corrected chi connectivity index (χ3v) is 9.00. The van der Waals surface area contributed by atoms with Gasteiger partial charge in [0.05, 0.1) is 0 Å². The van der Waals surface area contributed by atoms with Crippen LogP contribution in [-0.2, 0) is 50.3 Å². The van der Waals surface area contributed by atoms with Gasteiger partial charge in [-0.1, -0.05) is 0 Å². The molecule has 0 aromatic heterocycles. The molecule has 2 aromatic rings. The Kier molecular flexibility index (Phi) is 6.22. The van der Waals surface area contributed by atoms with Crippen molar-refractivity contribution in [1.82, 2.24) is 0 Å². The van der Waals surface area contributed by atoms with Crippen molar-refractivity contribution in [3.8, 4) is 5.75 Å². The fraction of sp³-hybridized carbons (Fsp3) is 0.294. The van der Waals surface area contributed by atoms with Gasteiger partial charge >= 0.3 is 158 Å². The molecular formula is C17H18HgO6S2-. The Labute approximate surface area is 170 Å². The van der Waals surface area contributed by atoms with Gasteiger partial charge in [0, 0.05) is 0 Å². The summed E-state index contributed by atoms with van der Waals surface area (Å²) >= 11 is 0.574. The second kappa shape index (κ2) is 7.57. The van der Waals surface area contributed by atoms with E-state index in [1.165, 1.54) is 19.9 Å². The molecule has 0 atom stereocenters. The number of hydrogen-bond acceptors (Lipinski definition) is 6. The van der Waals surface area contributed by atoms with Crippen LogP contribution in [0.2, 0.25) is 0 Å². The van der Waals surface area contributed by atoms with Crippen molar-refractivity contribution in [3.63, 3.8) is 0 Å². The Morgan fingerprint density at radius 3 is 1.92 bits per heavy atom. The van der Waals surface area contributed by atoms with Gasteiger partial charge in [0.1, 0.15) is 0 Å². The molecule has 0 saturated heterocycles. The summed E-state index contributed by atoms with van der Waals surface area (Å²) in [5.41, 5.74) is 3.18. The predicted octanol–water partition coefficient (Wildman–Crippen LogP) is 2.64. The molecule has 26 heavy (non-hydrogen) atoms. The van der Waals surface area contributed by atoms with E-state index in [0.717, 1.165) is 21.1 Å². The van der Waals surface area contributed by atoms with E-state index in [1.807, 2.05) is 6.92 Å². The molecule has 0 aliphatic heterocycles. The molecular weight excluding hydrogens is 565 g/mol. The number of hydrogen-bond donors (Lipinski definition) is 0. The molecule has 6 nitrogen and oxygen atoms in total. The van der Waals surface area contributed by atoms with Crippen LogP contribution in [0.5, 0.6) is 5.75 Å². The van der Waals surface area contributed by atoms with Crippen LogP contribution < -0.4 is 4.18 Å².